The van der Waals surface area contributed by atoms with Gasteiger partial charge in [0.25, 0.3) is 0 Å². The van der Waals surface area contributed by atoms with Crippen molar-refractivity contribution < 1.29 is 30.0 Å². The topological polar surface area (TPSA) is 63.1 Å². The summed E-state index contributed by atoms with van der Waals surface area (Å²) in [5.74, 6) is 0.104. The van der Waals surface area contributed by atoms with Gasteiger partial charge in [-0.15, -0.1) is 34.9 Å². The van der Waals surface area contributed by atoms with Crippen molar-refractivity contribution in [1.82, 2.24) is 9.97 Å². The van der Waals surface area contributed by atoms with E-state index in [0.717, 1.165) is 27.6 Å². The zero-order valence-electron chi connectivity index (χ0n) is 22.7. The second kappa shape index (κ2) is 11.6. The van der Waals surface area contributed by atoms with E-state index in [-0.39, 0.29) is 42.5 Å². The van der Waals surface area contributed by atoms with Crippen LogP contribution in [0.1, 0.15) is 73.4 Å². The van der Waals surface area contributed by atoms with Crippen molar-refractivity contribution >= 4 is 16.6 Å². The molecule has 0 bridgehead atoms. The number of aromatic nitrogens is 2. The first kappa shape index (κ1) is 30.7. The second-order valence-corrected chi connectivity index (χ2v) is 11.9. The first-order valence-electron chi connectivity index (χ1n) is 11.7. The Bertz CT molecular complexity index is 1190. The van der Waals surface area contributed by atoms with Crippen LogP contribution in [0, 0.1) is 23.8 Å². The van der Waals surface area contributed by atoms with Gasteiger partial charge in [0.05, 0.1) is 0 Å². The number of fused-ring (bicyclic) bond motifs is 1. The first-order valence-corrected chi connectivity index (χ1v) is 11.7. The largest absolute Gasteiger partial charge is 0.512 e. The van der Waals surface area contributed by atoms with E-state index in [1.54, 1.807) is 6.20 Å². The monoisotopic (exact) mass is 652 g/mol. The van der Waals surface area contributed by atoms with Gasteiger partial charge in [-0.1, -0.05) is 75.3 Å². The number of allylic oxidation sites excluding steroid dienone is 2. The van der Waals surface area contributed by atoms with Crippen molar-refractivity contribution in [3.05, 3.63) is 71.9 Å². The van der Waals surface area contributed by atoms with Gasteiger partial charge in [0, 0.05) is 61.0 Å². The van der Waals surface area contributed by atoms with Crippen LogP contribution in [-0.2, 0) is 30.3 Å². The van der Waals surface area contributed by atoms with Gasteiger partial charge in [-0.25, -0.2) is 0 Å². The van der Waals surface area contributed by atoms with Crippen molar-refractivity contribution in [2.45, 2.75) is 74.7 Å². The Labute approximate surface area is 224 Å². The van der Waals surface area contributed by atoms with Gasteiger partial charge < -0.3 is 10.1 Å². The molecule has 5 heteroatoms. The van der Waals surface area contributed by atoms with Crippen LogP contribution in [0.5, 0.6) is 0 Å². The van der Waals surface area contributed by atoms with E-state index < -0.39 is 5.41 Å². The third-order valence-electron chi connectivity index (χ3n) is 5.44. The molecule has 191 valence electrons. The van der Waals surface area contributed by atoms with E-state index in [9.17, 15) is 9.90 Å². The molecule has 0 atom stereocenters. The third kappa shape index (κ3) is 8.98. The van der Waals surface area contributed by atoms with Gasteiger partial charge in [-0.2, -0.15) is 0 Å². The molecule has 1 aromatic carbocycles. The molecule has 0 spiro atoms. The summed E-state index contributed by atoms with van der Waals surface area (Å²) in [5, 5.41) is 11.8. The van der Waals surface area contributed by atoms with Crippen molar-refractivity contribution in [2.75, 3.05) is 0 Å². The maximum absolute atomic E-state index is 11.5. The van der Waals surface area contributed by atoms with E-state index in [2.05, 4.69) is 61.9 Å². The number of rotatable bonds is 2. The fourth-order valence-corrected chi connectivity index (χ4v) is 2.97. The summed E-state index contributed by atoms with van der Waals surface area (Å²) in [6.45, 7) is 19.9. The molecule has 1 radical (unpaired) electrons. The summed E-state index contributed by atoms with van der Waals surface area (Å²) in [5.41, 5.74) is 3.80. The number of carbonyl (C=O) groups is 1. The molecule has 2 heterocycles. The molecule has 0 aliphatic rings. The average Bonchev–Trinajstić information content (AvgIpc) is 2.71. The maximum Gasteiger partial charge on any atom is 0.164 e. The fourth-order valence-electron chi connectivity index (χ4n) is 2.97. The van der Waals surface area contributed by atoms with Crippen LogP contribution in [0.4, 0.5) is 0 Å². The van der Waals surface area contributed by atoms with E-state index in [1.807, 2.05) is 60.0 Å². The van der Waals surface area contributed by atoms with Gasteiger partial charge >= 0.3 is 0 Å². The van der Waals surface area contributed by atoms with Gasteiger partial charge in [0.2, 0.25) is 0 Å². The number of hydrogen-bond acceptors (Lipinski definition) is 4. The van der Waals surface area contributed by atoms with E-state index in [0.29, 0.717) is 0 Å². The molecule has 3 aromatic rings. The number of hydrogen-bond donors (Lipinski definition) is 1. The molecule has 0 saturated carbocycles. The summed E-state index contributed by atoms with van der Waals surface area (Å²) in [4.78, 5) is 20.3. The maximum atomic E-state index is 11.5. The number of carbonyl (C=O) groups excluding carboxylic acids is 1. The minimum Gasteiger partial charge on any atom is -0.512 e. The van der Waals surface area contributed by atoms with Crippen LogP contribution in [0.25, 0.3) is 22.0 Å². The summed E-state index contributed by atoms with van der Waals surface area (Å²) in [7, 11) is 0. The molecule has 3 rings (SSSR count). The van der Waals surface area contributed by atoms with Crippen LogP contribution >= 0.6 is 0 Å². The number of benzene rings is 1. The Morgan fingerprint density at radius 2 is 1.54 bits per heavy atom. The third-order valence-corrected chi connectivity index (χ3v) is 5.44. The van der Waals surface area contributed by atoms with Crippen molar-refractivity contribution in [2.24, 2.45) is 10.8 Å². The van der Waals surface area contributed by atoms with Crippen molar-refractivity contribution in [3.8, 4) is 11.3 Å². The Morgan fingerprint density at radius 1 is 0.914 bits per heavy atom. The number of aliphatic hydroxyl groups is 1. The Kier molecular flexibility index (Phi) is 10.1. The van der Waals surface area contributed by atoms with Gasteiger partial charge in [-0.3, -0.25) is 9.78 Å². The quantitative estimate of drug-likeness (QED) is 0.175. The normalized spacial score (nSPS) is 12.5. The SMILES string of the molecule is CC(C)(C)C(=O)/C=C(\O)C(C)(C)C.Cc1[c-]c(-c2cc3cnccc3cn2)cc(C(C)(C)C)c1.[Ir]. The molecule has 4 nitrogen and oxygen atoms in total. The molecular weight excluding hydrogens is 613 g/mol. The number of nitrogens with zero attached hydrogens (tertiary/aromatic N) is 2. The molecule has 0 unspecified atom stereocenters. The zero-order valence-corrected chi connectivity index (χ0v) is 25.1. The summed E-state index contributed by atoms with van der Waals surface area (Å²) in [6, 6.07) is 11.9. The van der Waals surface area contributed by atoms with E-state index in [4.69, 9.17) is 0 Å². The molecule has 0 aliphatic heterocycles. The molecule has 1 N–H and O–H groups in total. The minimum absolute atomic E-state index is 0. The average molecular weight is 652 g/mol. The molecule has 0 aliphatic carbocycles. The molecular formula is C30H39IrN2O2-. The standard InChI is InChI=1S/C19H19N2.C11H20O2.Ir/c1-13-7-15(9-17(8-13)19(2,3)4)18-10-16-11-20-6-5-14(16)12-21-18;1-10(2,3)8(12)7-9(13)11(4,5)6;/h5-6,8-12H,1-4H3;7,12H,1-6H3;/q-1;;/b;8-7-;. The van der Waals surface area contributed by atoms with Crippen molar-refractivity contribution in [3.63, 3.8) is 0 Å². The number of aryl methyl sites for hydroxylation is 1. The second-order valence-electron chi connectivity index (χ2n) is 11.9. The number of ketones is 1. The molecule has 2 aromatic heterocycles. The van der Waals surface area contributed by atoms with Gasteiger partial charge in [0.1, 0.15) is 5.76 Å². The van der Waals surface area contributed by atoms with Crippen LogP contribution in [-0.4, -0.2) is 20.9 Å². The Balaban J connectivity index is 0.000000383. The minimum atomic E-state index is -0.417. The summed E-state index contributed by atoms with van der Waals surface area (Å²) in [6.07, 6.45) is 6.90. The predicted molar refractivity (Wildman–Crippen MR) is 142 cm³/mol. The van der Waals surface area contributed by atoms with Crippen LogP contribution in [0.2, 0.25) is 0 Å². The molecule has 35 heavy (non-hydrogen) atoms. The van der Waals surface area contributed by atoms with Crippen LogP contribution < -0.4 is 0 Å². The van der Waals surface area contributed by atoms with Gasteiger partial charge in [0.15, 0.2) is 5.78 Å². The number of aliphatic hydroxyl groups excluding tert-OH is 1. The smallest absolute Gasteiger partial charge is 0.164 e. The fraction of sp³-hybridized carbons (Fsp3) is 0.433. The molecule has 0 saturated heterocycles. The van der Waals surface area contributed by atoms with E-state index in [1.165, 1.54) is 11.6 Å². The van der Waals surface area contributed by atoms with E-state index >= 15 is 0 Å². The first-order chi connectivity index (χ1) is 15.5. The van der Waals surface area contributed by atoms with Crippen molar-refractivity contribution in [1.29, 1.82) is 0 Å². The number of pyridine rings is 2. The Morgan fingerprint density at radius 3 is 2.09 bits per heavy atom. The summed E-state index contributed by atoms with van der Waals surface area (Å²) < 4.78 is 0. The molecule has 0 amide bonds. The molecule has 0 fully saturated rings. The van der Waals surface area contributed by atoms with Gasteiger partial charge in [-0.05, 0) is 22.6 Å². The predicted octanol–water partition coefficient (Wildman–Crippen LogP) is 7.79. The zero-order chi connectivity index (χ0) is 25.9. The summed E-state index contributed by atoms with van der Waals surface area (Å²) >= 11 is 0. The Hall–Kier alpha value is -2.36. The van der Waals surface area contributed by atoms with Crippen LogP contribution in [0.3, 0.4) is 0 Å². The van der Waals surface area contributed by atoms with Crippen LogP contribution in [0.15, 0.2) is 54.7 Å².